The summed E-state index contributed by atoms with van der Waals surface area (Å²) < 4.78 is 4.67. The third kappa shape index (κ3) is 2.72. The average Bonchev–Trinajstić information content (AvgIpc) is 2.20. The molecule has 15 heavy (non-hydrogen) atoms. The first-order valence-electron chi connectivity index (χ1n) is 3.91. The normalized spacial score (nSPS) is 9.73. The minimum absolute atomic E-state index is 0.0273. The van der Waals surface area contributed by atoms with Crippen molar-refractivity contribution in [2.75, 3.05) is 7.11 Å². The molecule has 1 heterocycles. The molecule has 0 aromatic carbocycles. The molecular formula is C8H7BrN2O4. The van der Waals surface area contributed by atoms with E-state index in [1.165, 1.54) is 19.4 Å². The fourth-order valence-corrected chi connectivity index (χ4v) is 1.48. The fourth-order valence-electron chi connectivity index (χ4n) is 0.963. The van der Waals surface area contributed by atoms with Crippen molar-refractivity contribution in [3.05, 3.63) is 32.4 Å². The molecule has 0 unspecified atom stereocenters. The quantitative estimate of drug-likeness (QED) is 0.474. The number of rotatable bonds is 3. The lowest BCUT2D eigenvalue weighted by atomic mass is 10.2. The molecule has 0 atom stereocenters. The van der Waals surface area contributed by atoms with E-state index in [1.54, 1.807) is 0 Å². The lowest BCUT2D eigenvalue weighted by Gasteiger charge is -2.02. The van der Waals surface area contributed by atoms with Crippen LogP contribution in [0.4, 0.5) is 5.82 Å². The van der Waals surface area contributed by atoms with Crippen LogP contribution in [0, 0.1) is 10.1 Å². The Morgan fingerprint density at radius 1 is 1.73 bits per heavy atom. The summed E-state index contributed by atoms with van der Waals surface area (Å²) in [5.41, 5.74) is 0.476. The summed E-state index contributed by atoms with van der Waals surface area (Å²) in [5.74, 6) is -0.771. The molecule has 0 radical (unpaired) electrons. The molecule has 1 aromatic heterocycles. The molecule has 0 N–H and O–H groups in total. The second kappa shape index (κ2) is 4.83. The molecule has 0 amide bonds. The summed E-state index contributed by atoms with van der Waals surface area (Å²) in [6.07, 6.45) is 1.25. The highest BCUT2D eigenvalue weighted by atomic mass is 79.9. The van der Waals surface area contributed by atoms with Gasteiger partial charge in [0.05, 0.1) is 13.5 Å². The highest BCUT2D eigenvalue weighted by molar-refractivity contribution is 9.10. The van der Waals surface area contributed by atoms with E-state index in [4.69, 9.17) is 0 Å². The number of nitro groups is 1. The van der Waals surface area contributed by atoms with Crippen molar-refractivity contribution in [2.45, 2.75) is 6.42 Å². The van der Waals surface area contributed by atoms with Gasteiger partial charge in [-0.05, 0) is 37.5 Å². The van der Waals surface area contributed by atoms with Crippen LogP contribution in [0.25, 0.3) is 0 Å². The van der Waals surface area contributed by atoms with Gasteiger partial charge in [0.15, 0.2) is 0 Å². The van der Waals surface area contributed by atoms with Crippen molar-refractivity contribution in [1.82, 2.24) is 4.98 Å². The molecule has 1 aromatic rings. The van der Waals surface area contributed by atoms with Gasteiger partial charge in [-0.15, -0.1) is 0 Å². The Morgan fingerprint density at radius 3 is 2.93 bits per heavy atom. The van der Waals surface area contributed by atoms with E-state index in [0.717, 1.165) is 0 Å². The zero-order chi connectivity index (χ0) is 11.4. The van der Waals surface area contributed by atoms with Gasteiger partial charge in [0, 0.05) is 0 Å². The summed E-state index contributed by atoms with van der Waals surface area (Å²) in [6, 6.07) is 1.52. The number of carbonyl (C=O) groups excluding carboxylic acids is 1. The van der Waals surface area contributed by atoms with Crippen molar-refractivity contribution < 1.29 is 14.5 Å². The van der Waals surface area contributed by atoms with Crippen LogP contribution in [0.3, 0.4) is 0 Å². The van der Waals surface area contributed by atoms with Gasteiger partial charge in [-0.1, -0.05) is 0 Å². The summed E-state index contributed by atoms with van der Waals surface area (Å²) in [6.45, 7) is 0. The lowest BCUT2D eigenvalue weighted by Crippen LogP contribution is -2.06. The predicted molar refractivity (Wildman–Crippen MR) is 54.3 cm³/mol. The van der Waals surface area contributed by atoms with Gasteiger partial charge in [-0.3, -0.25) is 4.79 Å². The van der Waals surface area contributed by atoms with Crippen LogP contribution in [0.2, 0.25) is 0 Å². The lowest BCUT2D eigenvalue weighted by molar-refractivity contribution is -0.390. The highest BCUT2D eigenvalue weighted by Crippen LogP contribution is 2.26. The largest absolute Gasteiger partial charge is 0.469 e. The number of ether oxygens (including phenoxy) is 1. The predicted octanol–water partition coefficient (Wildman–Crippen LogP) is 1.47. The van der Waals surface area contributed by atoms with Crippen LogP contribution in [-0.2, 0) is 16.0 Å². The van der Waals surface area contributed by atoms with Gasteiger partial charge < -0.3 is 14.9 Å². The molecule has 0 bridgehead atoms. The van der Waals surface area contributed by atoms with Gasteiger partial charge in [-0.2, -0.15) is 0 Å². The number of hydrogen-bond acceptors (Lipinski definition) is 5. The SMILES string of the molecule is COC(=O)Cc1ccnc([N+](=O)[O-])c1Br. The van der Waals surface area contributed by atoms with E-state index in [2.05, 4.69) is 25.7 Å². The van der Waals surface area contributed by atoms with Crippen LogP contribution in [0.15, 0.2) is 16.7 Å². The Labute approximate surface area is 93.5 Å². The second-order valence-electron chi connectivity index (χ2n) is 2.62. The topological polar surface area (TPSA) is 82.3 Å². The van der Waals surface area contributed by atoms with Crippen LogP contribution < -0.4 is 0 Å². The number of esters is 1. The van der Waals surface area contributed by atoms with Crippen molar-refractivity contribution >= 4 is 27.7 Å². The molecule has 0 aliphatic heterocycles. The summed E-state index contributed by atoms with van der Waals surface area (Å²) >= 11 is 3.03. The Bertz CT molecular complexity index is 408. The molecule has 6 nitrogen and oxygen atoms in total. The average molecular weight is 275 g/mol. The molecule has 0 spiro atoms. The van der Waals surface area contributed by atoms with Crippen LogP contribution in [-0.4, -0.2) is 23.0 Å². The van der Waals surface area contributed by atoms with E-state index < -0.39 is 10.9 Å². The van der Waals surface area contributed by atoms with Crippen molar-refractivity contribution in [2.24, 2.45) is 0 Å². The Balaban J connectivity index is 3.04. The van der Waals surface area contributed by atoms with E-state index in [0.29, 0.717) is 5.56 Å². The molecule has 1 rings (SSSR count). The maximum absolute atomic E-state index is 11.0. The highest BCUT2D eigenvalue weighted by Gasteiger charge is 2.18. The standard InChI is InChI=1S/C8H7BrN2O4/c1-15-6(12)4-5-2-3-10-8(7(5)9)11(13)14/h2-3H,4H2,1H3. The maximum atomic E-state index is 11.0. The van der Waals surface area contributed by atoms with Gasteiger partial charge in [-0.25, -0.2) is 0 Å². The molecule has 0 saturated heterocycles. The van der Waals surface area contributed by atoms with Crippen LogP contribution >= 0.6 is 15.9 Å². The van der Waals surface area contributed by atoms with Crippen molar-refractivity contribution in [3.8, 4) is 0 Å². The monoisotopic (exact) mass is 274 g/mol. The summed E-state index contributed by atoms with van der Waals surface area (Å²) in [5, 5.41) is 10.5. The van der Waals surface area contributed by atoms with Crippen LogP contribution in [0.5, 0.6) is 0 Å². The van der Waals surface area contributed by atoms with Crippen molar-refractivity contribution in [3.63, 3.8) is 0 Å². The molecular weight excluding hydrogens is 268 g/mol. The van der Waals surface area contributed by atoms with E-state index in [9.17, 15) is 14.9 Å². The van der Waals surface area contributed by atoms with Gasteiger partial charge >= 0.3 is 11.8 Å². The zero-order valence-electron chi connectivity index (χ0n) is 7.77. The number of hydrogen-bond donors (Lipinski definition) is 0. The number of methoxy groups -OCH3 is 1. The first-order chi connectivity index (χ1) is 7.06. The van der Waals surface area contributed by atoms with Gasteiger partial charge in [0.2, 0.25) is 0 Å². The third-order valence-corrected chi connectivity index (χ3v) is 2.55. The van der Waals surface area contributed by atoms with Gasteiger partial charge in [0.1, 0.15) is 10.7 Å². The molecule has 0 aliphatic rings. The first kappa shape index (κ1) is 11.6. The molecule has 0 aliphatic carbocycles. The number of carbonyl (C=O) groups is 1. The van der Waals surface area contributed by atoms with Crippen molar-refractivity contribution in [1.29, 1.82) is 0 Å². The second-order valence-corrected chi connectivity index (χ2v) is 3.41. The number of aromatic nitrogens is 1. The van der Waals surface area contributed by atoms with E-state index >= 15 is 0 Å². The summed E-state index contributed by atoms with van der Waals surface area (Å²) in [7, 11) is 1.26. The molecule has 7 heteroatoms. The number of halogens is 1. The molecule has 0 fully saturated rings. The zero-order valence-corrected chi connectivity index (χ0v) is 9.35. The Hall–Kier alpha value is -1.50. The van der Waals surface area contributed by atoms with E-state index in [-0.39, 0.29) is 16.7 Å². The minimum atomic E-state index is -0.620. The number of nitrogens with zero attached hydrogens (tertiary/aromatic N) is 2. The Morgan fingerprint density at radius 2 is 2.40 bits per heavy atom. The third-order valence-electron chi connectivity index (χ3n) is 1.69. The first-order valence-corrected chi connectivity index (χ1v) is 4.70. The van der Waals surface area contributed by atoms with E-state index in [1.807, 2.05) is 0 Å². The van der Waals surface area contributed by atoms with Crippen LogP contribution in [0.1, 0.15) is 5.56 Å². The Kier molecular flexibility index (Phi) is 3.73. The molecule has 0 saturated carbocycles. The molecule has 80 valence electrons. The van der Waals surface area contributed by atoms with Gasteiger partial charge in [0.25, 0.3) is 0 Å². The smallest absolute Gasteiger partial charge is 0.378 e. The minimum Gasteiger partial charge on any atom is -0.469 e. The maximum Gasteiger partial charge on any atom is 0.378 e. The summed E-state index contributed by atoms with van der Waals surface area (Å²) in [4.78, 5) is 24.5. The number of pyridine rings is 1. The fraction of sp³-hybridized carbons (Fsp3) is 0.250.